The van der Waals surface area contributed by atoms with Crippen LogP contribution in [0.4, 0.5) is 27.6 Å². The summed E-state index contributed by atoms with van der Waals surface area (Å²) < 4.78 is 84.3. The summed E-state index contributed by atoms with van der Waals surface area (Å²) in [6.07, 6.45) is 4.70. The van der Waals surface area contributed by atoms with Crippen LogP contribution >= 0.6 is 23.2 Å². The molecule has 3 aliphatic carbocycles. The van der Waals surface area contributed by atoms with E-state index in [9.17, 15) is 37.5 Å². The van der Waals surface area contributed by atoms with E-state index in [2.05, 4.69) is 0 Å². The first kappa shape index (κ1) is 34.5. The van der Waals surface area contributed by atoms with Crippen LogP contribution in [-0.4, -0.2) is 63.6 Å². The van der Waals surface area contributed by atoms with E-state index in [1.54, 1.807) is 6.08 Å². The molecule has 16 heteroatoms. The smallest absolute Gasteiger partial charge is 0.258 e. The molecule has 2 aliphatic heterocycles. The standard InChI is InChI=1S/C34H29Cl2F5N2O7/c1-49-14-10-18(44)21(19(11-14)50-2)22-15-8-9-16-20(30(46)42(29(16)45)13-6-4-3-5-7-13)17(15)12-33(35)31(47)43(32(48)34(22,33)36)28-26(40)24(38)23(37)25(39)27(28)41/h8,10-11,13,16-17,20,22,44H,3-7,9,12H2,1-2H3. The maximum absolute atomic E-state index is 15.3. The number of aromatic hydroxyl groups is 1. The Balaban J connectivity index is 1.46. The maximum atomic E-state index is 15.3. The number of phenolic OH excluding ortho intramolecular Hbond substituents is 1. The number of imide groups is 2. The second kappa shape index (κ2) is 11.8. The molecule has 0 aromatic heterocycles. The van der Waals surface area contributed by atoms with Crippen LogP contribution in [0.25, 0.3) is 0 Å². The average Bonchev–Trinajstić information content (AvgIpc) is 3.45. The number of carbonyl (C=O) groups excluding carboxylic acids is 4. The highest BCUT2D eigenvalue weighted by molar-refractivity contribution is 6.58. The number of anilines is 1. The van der Waals surface area contributed by atoms with E-state index in [1.807, 2.05) is 0 Å². The van der Waals surface area contributed by atoms with Gasteiger partial charge >= 0.3 is 0 Å². The first-order chi connectivity index (χ1) is 23.6. The van der Waals surface area contributed by atoms with Gasteiger partial charge in [-0.3, -0.25) is 24.1 Å². The fourth-order valence-electron chi connectivity index (χ4n) is 8.77. The van der Waals surface area contributed by atoms with E-state index in [4.69, 9.17) is 32.7 Å². The Morgan fingerprint density at radius 3 is 2.04 bits per heavy atom. The van der Waals surface area contributed by atoms with Crippen molar-refractivity contribution < 1.29 is 55.7 Å². The minimum absolute atomic E-state index is 0.00816. The van der Waals surface area contributed by atoms with Gasteiger partial charge in [-0.25, -0.2) is 26.9 Å². The summed E-state index contributed by atoms with van der Waals surface area (Å²) >= 11 is 14.3. The highest BCUT2D eigenvalue weighted by atomic mass is 35.5. The summed E-state index contributed by atoms with van der Waals surface area (Å²) in [5.41, 5.74) is -1.92. The van der Waals surface area contributed by atoms with Gasteiger partial charge in [-0.15, -0.1) is 23.2 Å². The number of rotatable bonds is 5. The molecule has 2 aromatic carbocycles. The predicted octanol–water partition coefficient (Wildman–Crippen LogP) is 6.00. The third-order valence-electron chi connectivity index (χ3n) is 11.0. The number of allylic oxidation sites excluding steroid dienone is 2. The van der Waals surface area contributed by atoms with Crippen molar-refractivity contribution in [2.24, 2.45) is 17.8 Å². The summed E-state index contributed by atoms with van der Waals surface area (Å²) in [6.45, 7) is 0. The van der Waals surface area contributed by atoms with Crippen molar-refractivity contribution in [3.63, 3.8) is 0 Å². The lowest BCUT2D eigenvalue weighted by atomic mass is 9.56. The van der Waals surface area contributed by atoms with Gasteiger partial charge in [0, 0.05) is 29.7 Å². The van der Waals surface area contributed by atoms with E-state index < -0.39 is 104 Å². The molecule has 6 unspecified atom stereocenters. The van der Waals surface area contributed by atoms with Gasteiger partial charge in [-0.2, -0.15) is 0 Å². The number of fused-ring (bicyclic) bond motifs is 4. The van der Waals surface area contributed by atoms with E-state index in [0.717, 1.165) is 25.3 Å². The molecule has 50 heavy (non-hydrogen) atoms. The van der Waals surface area contributed by atoms with E-state index in [1.165, 1.54) is 25.2 Å². The van der Waals surface area contributed by atoms with Crippen LogP contribution in [0.2, 0.25) is 0 Å². The average molecular weight is 744 g/mol. The van der Waals surface area contributed by atoms with Crippen molar-refractivity contribution in [1.82, 2.24) is 4.90 Å². The highest BCUT2D eigenvalue weighted by Gasteiger charge is 2.77. The fraction of sp³-hybridized carbons (Fsp3) is 0.471. The van der Waals surface area contributed by atoms with Crippen molar-refractivity contribution in [3.8, 4) is 17.2 Å². The van der Waals surface area contributed by atoms with Crippen LogP contribution in [0.15, 0.2) is 23.8 Å². The molecule has 2 aromatic rings. The van der Waals surface area contributed by atoms with Crippen LogP contribution in [-0.2, 0) is 19.2 Å². The molecule has 9 nitrogen and oxygen atoms in total. The first-order valence-corrected chi connectivity index (χ1v) is 16.7. The minimum Gasteiger partial charge on any atom is -0.507 e. The summed E-state index contributed by atoms with van der Waals surface area (Å²) in [7, 11) is 2.51. The monoisotopic (exact) mass is 742 g/mol. The number of methoxy groups -OCH3 is 2. The number of ether oxygens (including phenoxy) is 2. The Morgan fingerprint density at radius 1 is 0.820 bits per heavy atom. The fourth-order valence-corrected chi connectivity index (χ4v) is 9.69. The van der Waals surface area contributed by atoms with Crippen molar-refractivity contribution in [2.45, 2.75) is 66.7 Å². The molecule has 2 heterocycles. The molecule has 0 bridgehead atoms. The molecule has 6 atom stereocenters. The Labute approximate surface area is 291 Å². The highest BCUT2D eigenvalue weighted by Crippen LogP contribution is 2.67. The molecule has 4 amide bonds. The number of likely N-dealkylation sites (tertiary alicyclic amines) is 1. The molecule has 1 N–H and O–H groups in total. The van der Waals surface area contributed by atoms with Crippen molar-refractivity contribution in [3.05, 3.63) is 58.4 Å². The van der Waals surface area contributed by atoms with Crippen molar-refractivity contribution in [2.75, 3.05) is 19.1 Å². The lowest BCUT2D eigenvalue weighted by Crippen LogP contribution is -2.60. The number of nitrogens with zero attached hydrogens (tertiary/aromatic N) is 2. The van der Waals surface area contributed by atoms with Crippen LogP contribution in [0.5, 0.6) is 17.2 Å². The first-order valence-electron chi connectivity index (χ1n) is 16.0. The molecule has 266 valence electrons. The van der Waals surface area contributed by atoms with Gasteiger partial charge in [0.25, 0.3) is 11.8 Å². The third kappa shape index (κ3) is 4.36. The van der Waals surface area contributed by atoms with Crippen LogP contribution < -0.4 is 14.4 Å². The van der Waals surface area contributed by atoms with Gasteiger partial charge in [0.1, 0.15) is 22.9 Å². The van der Waals surface area contributed by atoms with Crippen LogP contribution in [0.3, 0.4) is 0 Å². The predicted molar refractivity (Wildman–Crippen MR) is 166 cm³/mol. The molecule has 0 spiro atoms. The van der Waals surface area contributed by atoms with E-state index in [0.29, 0.717) is 12.8 Å². The van der Waals surface area contributed by atoms with Gasteiger partial charge < -0.3 is 14.6 Å². The summed E-state index contributed by atoms with van der Waals surface area (Å²) in [5, 5.41) is 11.4. The van der Waals surface area contributed by atoms with Crippen LogP contribution in [0.1, 0.15) is 56.4 Å². The molecule has 7 rings (SSSR count). The van der Waals surface area contributed by atoms with E-state index >= 15 is 8.78 Å². The van der Waals surface area contributed by atoms with Crippen molar-refractivity contribution >= 4 is 52.5 Å². The summed E-state index contributed by atoms with van der Waals surface area (Å²) in [4.78, 5) is 52.4. The Bertz CT molecular complexity index is 1890. The topological polar surface area (TPSA) is 113 Å². The minimum atomic E-state index is -2.81. The second-order valence-corrected chi connectivity index (χ2v) is 14.5. The number of hydrogen-bond acceptors (Lipinski definition) is 7. The largest absolute Gasteiger partial charge is 0.507 e. The Hall–Kier alpha value is -3.91. The third-order valence-corrected chi connectivity index (χ3v) is 12.4. The number of halogens is 7. The number of carbonyl (C=O) groups is 4. The van der Waals surface area contributed by atoms with Gasteiger partial charge in [0.2, 0.25) is 17.6 Å². The van der Waals surface area contributed by atoms with Gasteiger partial charge in [0.15, 0.2) is 33.0 Å². The quantitative estimate of drug-likeness (QED) is 0.0999. The van der Waals surface area contributed by atoms with Gasteiger partial charge in [-0.05, 0) is 31.6 Å². The lowest BCUT2D eigenvalue weighted by molar-refractivity contribution is -0.143. The molecular weight excluding hydrogens is 714 g/mol. The molecule has 2 saturated heterocycles. The number of phenols is 1. The normalized spacial score (nSPS) is 31.1. The van der Waals surface area contributed by atoms with Crippen molar-refractivity contribution in [1.29, 1.82) is 0 Å². The number of alkyl halides is 2. The lowest BCUT2D eigenvalue weighted by Gasteiger charge is -2.51. The Kier molecular flexibility index (Phi) is 8.17. The zero-order chi connectivity index (χ0) is 36.2. The molecular formula is C34H29Cl2F5N2O7. The number of hydrogen-bond donors (Lipinski definition) is 1. The number of benzene rings is 2. The zero-order valence-corrected chi connectivity index (χ0v) is 28.0. The molecule has 4 fully saturated rings. The zero-order valence-electron chi connectivity index (χ0n) is 26.5. The number of amides is 4. The summed E-state index contributed by atoms with van der Waals surface area (Å²) in [6, 6.07) is 2.11. The van der Waals surface area contributed by atoms with Crippen LogP contribution in [0, 0.1) is 46.8 Å². The molecule has 5 aliphatic rings. The van der Waals surface area contributed by atoms with E-state index in [-0.39, 0.29) is 40.0 Å². The van der Waals surface area contributed by atoms with Gasteiger partial charge in [0.05, 0.1) is 26.1 Å². The maximum Gasteiger partial charge on any atom is 0.258 e. The molecule has 0 radical (unpaired) electrons. The summed E-state index contributed by atoms with van der Waals surface area (Å²) in [5.74, 6) is -22.0. The van der Waals surface area contributed by atoms with Gasteiger partial charge in [-0.1, -0.05) is 30.9 Å². The molecule has 2 saturated carbocycles. The second-order valence-electron chi connectivity index (χ2n) is 13.3. The Morgan fingerprint density at radius 2 is 1.44 bits per heavy atom. The SMILES string of the molecule is COc1cc(O)c(C2C3=CCC4C(=O)N(C5CCCCC5)C(=O)C4C3CC3(Cl)C(=O)N(c4c(F)c(F)c(F)c(F)c4F)C(=O)C23Cl)c(OC)c1.